The molecule has 1 N–H and O–H groups in total. The summed E-state index contributed by atoms with van der Waals surface area (Å²) in [5.41, 5.74) is 0. The van der Waals surface area contributed by atoms with E-state index in [1.54, 1.807) is 0 Å². The van der Waals surface area contributed by atoms with E-state index in [9.17, 15) is 0 Å². The molecule has 1 atom stereocenters. The smallest absolute Gasteiger partial charge is 0.00463 e. The van der Waals surface area contributed by atoms with Crippen LogP contribution < -0.4 is 5.32 Å². The van der Waals surface area contributed by atoms with Crippen molar-refractivity contribution in [1.29, 1.82) is 0 Å². The summed E-state index contributed by atoms with van der Waals surface area (Å²) in [7, 11) is 0. The van der Waals surface area contributed by atoms with Gasteiger partial charge in [0.05, 0.1) is 0 Å². The van der Waals surface area contributed by atoms with Crippen LogP contribution in [0, 0.1) is 5.92 Å². The zero-order valence-electron chi connectivity index (χ0n) is 12.0. The number of rotatable bonds is 4. The van der Waals surface area contributed by atoms with Crippen LogP contribution in [-0.2, 0) is 0 Å². The molecule has 0 radical (unpaired) electrons. The van der Waals surface area contributed by atoms with E-state index in [0.717, 1.165) is 5.92 Å². The molecule has 1 heteroatoms. The maximum absolute atomic E-state index is 3.62. The van der Waals surface area contributed by atoms with Gasteiger partial charge in [0.15, 0.2) is 0 Å². The van der Waals surface area contributed by atoms with Crippen LogP contribution in [0.25, 0.3) is 0 Å². The molecule has 102 valence electrons. The Morgan fingerprint density at radius 2 is 1.59 bits per heavy atom. The molecule has 0 saturated carbocycles. The Labute approximate surface area is 109 Å². The van der Waals surface area contributed by atoms with Gasteiger partial charge in [0.25, 0.3) is 0 Å². The summed E-state index contributed by atoms with van der Waals surface area (Å²) in [6.07, 6.45) is 17.4. The zero-order valence-corrected chi connectivity index (χ0v) is 12.0. The van der Waals surface area contributed by atoms with Gasteiger partial charge < -0.3 is 5.32 Å². The fourth-order valence-electron chi connectivity index (χ4n) is 2.94. The van der Waals surface area contributed by atoms with E-state index in [1.165, 1.54) is 90.1 Å². The molecule has 0 spiro atoms. The SMILES string of the molecule is CCCCC[C@H]1CCCCCCCCNCC1. The molecule has 1 aliphatic heterocycles. The lowest BCUT2D eigenvalue weighted by Crippen LogP contribution is -2.20. The van der Waals surface area contributed by atoms with Gasteiger partial charge in [-0.25, -0.2) is 0 Å². The Morgan fingerprint density at radius 3 is 2.41 bits per heavy atom. The summed E-state index contributed by atoms with van der Waals surface area (Å²) in [5.74, 6) is 1.01. The lowest BCUT2D eigenvalue weighted by molar-refractivity contribution is 0.369. The molecule has 17 heavy (non-hydrogen) atoms. The van der Waals surface area contributed by atoms with Crippen molar-refractivity contribution in [3.05, 3.63) is 0 Å². The monoisotopic (exact) mass is 239 g/mol. The molecule has 0 amide bonds. The van der Waals surface area contributed by atoms with Crippen molar-refractivity contribution < 1.29 is 0 Å². The highest BCUT2D eigenvalue weighted by atomic mass is 14.8. The van der Waals surface area contributed by atoms with Gasteiger partial charge in [-0.05, 0) is 31.8 Å². The second-order valence-electron chi connectivity index (χ2n) is 5.81. The van der Waals surface area contributed by atoms with E-state index in [2.05, 4.69) is 12.2 Å². The number of nitrogens with one attached hydrogen (secondary N) is 1. The van der Waals surface area contributed by atoms with Crippen molar-refractivity contribution in [3.8, 4) is 0 Å². The molecular weight excluding hydrogens is 206 g/mol. The summed E-state index contributed by atoms with van der Waals surface area (Å²) < 4.78 is 0. The van der Waals surface area contributed by atoms with Crippen LogP contribution in [0.5, 0.6) is 0 Å². The molecule has 0 aromatic carbocycles. The summed E-state index contributed by atoms with van der Waals surface area (Å²) in [5, 5.41) is 3.62. The molecule has 0 aliphatic carbocycles. The average Bonchev–Trinajstić information content (AvgIpc) is 2.32. The van der Waals surface area contributed by atoms with Crippen LogP contribution in [0.4, 0.5) is 0 Å². The second-order valence-corrected chi connectivity index (χ2v) is 5.81. The first kappa shape index (κ1) is 15.0. The minimum Gasteiger partial charge on any atom is -0.317 e. The van der Waals surface area contributed by atoms with Gasteiger partial charge in [0.2, 0.25) is 0 Å². The normalized spacial score (nSPS) is 24.9. The van der Waals surface area contributed by atoms with Crippen molar-refractivity contribution in [3.63, 3.8) is 0 Å². The molecular formula is C16H33N. The highest BCUT2D eigenvalue weighted by Crippen LogP contribution is 2.21. The molecule has 0 aromatic heterocycles. The van der Waals surface area contributed by atoms with Crippen LogP contribution in [0.1, 0.15) is 84.0 Å². The van der Waals surface area contributed by atoms with Crippen molar-refractivity contribution in [2.75, 3.05) is 13.1 Å². The molecule has 1 heterocycles. The van der Waals surface area contributed by atoms with Gasteiger partial charge in [-0.1, -0.05) is 71.1 Å². The van der Waals surface area contributed by atoms with Crippen LogP contribution in [0.3, 0.4) is 0 Å². The third kappa shape index (κ3) is 8.65. The Morgan fingerprint density at radius 1 is 0.824 bits per heavy atom. The first-order valence-corrected chi connectivity index (χ1v) is 8.14. The Balaban J connectivity index is 2.17. The first-order chi connectivity index (χ1) is 8.43. The molecule has 0 bridgehead atoms. The fraction of sp³-hybridized carbons (Fsp3) is 1.00. The average molecular weight is 239 g/mol. The van der Waals surface area contributed by atoms with E-state index in [1.807, 2.05) is 0 Å². The van der Waals surface area contributed by atoms with Crippen molar-refractivity contribution in [2.24, 2.45) is 5.92 Å². The van der Waals surface area contributed by atoms with Crippen LogP contribution in [-0.4, -0.2) is 13.1 Å². The predicted molar refractivity (Wildman–Crippen MR) is 77.4 cm³/mol. The van der Waals surface area contributed by atoms with Gasteiger partial charge in [0, 0.05) is 0 Å². The highest BCUT2D eigenvalue weighted by molar-refractivity contribution is 4.64. The van der Waals surface area contributed by atoms with Gasteiger partial charge in [0.1, 0.15) is 0 Å². The number of hydrogen-bond donors (Lipinski definition) is 1. The van der Waals surface area contributed by atoms with E-state index in [0.29, 0.717) is 0 Å². The Hall–Kier alpha value is -0.0400. The molecule has 1 saturated heterocycles. The molecule has 1 fully saturated rings. The van der Waals surface area contributed by atoms with E-state index in [-0.39, 0.29) is 0 Å². The second kappa shape index (κ2) is 11.1. The maximum atomic E-state index is 3.62. The van der Waals surface area contributed by atoms with Gasteiger partial charge in [-0.15, -0.1) is 0 Å². The maximum Gasteiger partial charge on any atom is -0.00463 e. The lowest BCUT2D eigenvalue weighted by Gasteiger charge is -2.18. The first-order valence-electron chi connectivity index (χ1n) is 8.14. The van der Waals surface area contributed by atoms with E-state index < -0.39 is 0 Å². The van der Waals surface area contributed by atoms with Gasteiger partial charge in [-0.2, -0.15) is 0 Å². The minimum atomic E-state index is 1.01. The van der Waals surface area contributed by atoms with Crippen LogP contribution >= 0.6 is 0 Å². The van der Waals surface area contributed by atoms with E-state index in [4.69, 9.17) is 0 Å². The van der Waals surface area contributed by atoms with E-state index >= 15 is 0 Å². The molecule has 1 aliphatic rings. The van der Waals surface area contributed by atoms with Gasteiger partial charge >= 0.3 is 0 Å². The summed E-state index contributed by atoms with van der Waals surface area (Å²) in [4.78, 5) is 0. The lowest BCUT2D eigenvalue weighted by atomic mass is 9.91. The summed E-state index contributed by atoms with van der Waals surface area (Å²) in [6.45, 7) is 4.82. The third-order valence-electron chi connectivity index (χ3n) is 4.16. The topological polar surface area (TPSA) is 12.0 Å². The largest absolute Gasteiger partial charge is 0.317 e. The van der Waals surface area contributed by atoms with Crippen molar-refractivity contribution >= 4 is 0 Å². The third-order valence-corrected chi connectivity index (χ3v) is 4.16. The number of hydrogen-bond acceptors (Lipinski definition) is 1. The minimum absolute atomic E-state index is 1.01. The standard InChI is InChI=1S/C16H33N/c1-2-3-8-11-16-12-9-6-4-5-7-10-14-17-15-13-16/h16-17H,2-15H2,1H3/t16-/m0/s1. The Bertz CT molecular complexity index is 144. The Kier molecular flexibility index (Phi) is 9.78. The quantitative estimate of drug-likeness (QED) is 0.688. The zero-order chi connectivity index (χ0) is 12.2. The van der Waals surface area contributed by atoms with Crippen LogP contribution in [0.2, 0.25) is 0 Å². The van der Waals surface area contributed by atoms with Gasteiger partial charge in [-0.3, -0.25) is 0 Å². The molecule has 1 rings (SSSR count). The number of unbranched alkanes of at least 4 members (excludes halogenated alkanes) is 2. The van der Waals surface area contributed by atoms with Crippen LogP contribution in [0.15, 0.2) is 0 Å². The summed E-state index contributed by atoms with van der Waals surface area (Å²) >= 11 is 0. The summed E-state index contributed by atoms with van der Waals surface area (Å²) in [6, 6.07) is 0. The molecule has 1 nitrogen and oxygen atoms in total. The molecule has 0 aromatic rings. The van der Waals surface area contributed by atoms with Crippen molar-refractivity contribution in [2.45, 2.75) is 84.0 Å². The fourth-order valence-corrected chi connectivity index (χ4v) is 2.94. The molecule has 0 unspecified atom stereocenters. The predicted octanol–water partition coefficient (Wildman–Crippen LogP) is 4.91. The van der Waals surface area contributed by atoms with Crippen molar-refractivity contribution in [1.82, 2.24) is 5.32 Å². The highest BCUT2D eigenvalue weighted by Gasteiger charge is 2.08.